The largest absolute Gasteiger partial charge is 0.484 e. The number of alkyl carbamates (subject to hydrolysis) is 1. The van der Waals surface area contributed by atoms with Crippen molar-refractivity contribution < 1.29 is 27.9 Å². The standard InChI is InChI=1S/C23H21FN2O5/c1-14-19(25-21(30-14)16-7-3-2-4-8-16)13-29-20-11-10-15(12-17(20)24)6-5-9-18-22(27)31-23(28)26-18/h2-4,7-8,10-12,18H,5-6,9,13H2,1H3,(H,26,28). The Bertz CT molecular complexity index is 1100. The molecule has 7 nitrogen and oxygen atoms in total. The third-order valence-corrected chi connectivity index (χ3v) is 5.00. The van der Waals surface area contributed by atoms with Crippen molar-refractivity contribution in [2.75, 3.05) is 0 Å². The minimum absolute atomic E-state index is 0.0852. The Labute approximate surface area is 178 Å². The number of ether oxygens (including phenoxy) is 2. The summed E-state index contributed by atoms with van der Waals surface area (Å²) in [7, 11) is 0. The lowest BCUT2D eigenvalue weighted by atomic mass is 10.0. The number of benzene rings is 2. The van der Waals surface area contributed by atoms with Crippen LogP contribution in [0.4, 0.5) is 9.18 Å². The molecule has 2 heterocycles. The van der Waals surface area contributed by atoms with E-state index in [1.165, 1.54) is 6.07 Å². The third-order valence-electron chi connectivity index (χ3n) is 5.00. The van der Waals surface area contributed by atoms with E-state index in [1.54, 1.807) is 19.1 Å². The number of nitrogens with zero attached hydrogens (tertiary/aromatic N) is 1. The Balaban J connectivity index is 1.32. The zero-order chi connectivity index (χ0) is 21.8. The van der Waals surface area contributed by atoms with Gasteiger partial charge in [-0.15, -0.1) is 0 Å². The minimum Gasteiger partial charge on any atom is -0.484 e. The van der Waals surface area contributed by atoms with Crippen LogP contribution in [0.25, 0.3) is 11.5 Å². The highest BCUT2D eigenvalue weighted by atomic mass is 19.1. The maximum Gasteiger partial charge on any atom is 0.415 e. The molecule has 3 aromatic rings. The number of oxazole rings is 1. The van der Waals surface area contributed by atoms with Crippen LogP contribution >= 0.6 is 0 Å². The molecule has 0 radical (unpaired) electrons. The SMILES string of the molecule is Cc1oc(-c2ccccc2)nc1COc1ccc(CCCC2NC(=O)OC2=O)cc1F. The van der Waals surface area contributed by atoms with Crippen molar-refractivity contribution in [3.8, 4) is 17.2 Å². The zero-order valence-electron chi connectivity index (χ0n) is 16.9. The predicted molar refractivity (Wildman–Crippen MR) is 109 cm³/mol. The molecule has 1 aliphatic heterocycles. The summed E-state index contributed by atoms with van der Waals surface area (Å²) >= 11 is 0. The van der Waals surface area contributed by atoms with Crippen molar-refractivity contribution in [1.29, 1.82) is 0 Å². The third kappa shape index (κ3) is 4.91. The van der Waals surface area contributed by atoms with Gasteiger partial charge in [-0.05, 0) is 56.0 Å². The molecule has 31 heavy (non-hydrogen) atoms. The van der Waals surface area contributed by atoms with Gasteiger partial charge in [-0.3, -0.25) is 0 Å². The van der Waals surface area contributed by atoms with Crippen LogP contribution in [0.15, 0.2) is 52.9 Å². The summed E-state index contributed by atoms with van der Waals surface area (Å²) in [5.74, 6) is 0.191. The van der Waals surface area contributed by atoms with Crippen LogP contribution in [0.5, 0.6) is 5.75 Å². The highest BCUT2D eigenvalue weighted by Crippen LogP contribution is 2.24. The quantitative estimate of drug-likeness (QED) is 0.428. The average Bonchev–Trinajstić information content (AvgIpc) is 3.29. The molecule has 1 saturated heterocycles. The van der Waals surface area contributed by atoms with Gasteiger partial charge in [0.1, 0.15) is 24.1 Å². The number of amides is 1. The van der Waals surface area contributed by atoms with Gasteiger partial charge in [0.15, 0.2) is 11.6 Å². The molecule has 1 unspecified atom stereocenters. The lowest BCUT2D eigenvalue weighted by Gasteiger charge is -2.09. The van der Waals surface area contributed by atoms with Crippen molar-refractivity contribution >= 4 is 12.1 Å². The maximum absolute atomic E-state index is 14.5. The van der Waals surface area contributed by atoms with Crippen LogP contribution in [0.1, 0.15) is 29.9 Å². The van der Waals surface area contributed by atoms with E-state index in [2.05, 4.69) is 15.0 Å². The second kappa shape index (κ2) is 8.99. The lowest BCUT2D eigenvalue weighted by Crippen LogP contribution is -2.28. The molecule has 0 saturated carbocycles. The first kappa shape index (κ1) is 20.6. The van der Waals surface area contributed by atoms with E-state index < -0.39 is 23.9 Å². The molecule has 8 heteroatoms. The fourth-order valence-electron chi connectivity index (χ4n) is 3.32. The molecule has 160 valence electrons. The number of hydrogen-bond acceptors (Lipinski definition) is 6. The molecule has 4 rings (SSSR count). The smallest absolute Gasteiger partial charge is 0.415 e. The van der Waals surface area contributed by atoms with Gasteiger partial charge in [0.25, 0.3) is 0 Å². The second-order valence-corrected chi connectivity index (χ2v) is 7.24. The first-order valence-electron chi connectivity index (χ1n) is 9.95. The number of esters is 1. The van der Waals surface area contributed by atoms with Crippen LogP contribution in [0, 0.1) is 12.7 Å². The molecular weight excluding hydrogens is 403 g/mol. The number of carbonyl (C=O) groups is 2. The normalized spacial score (nSPS) is 15.6. The van der Waals surface area contributed by atoms with E-state index >= 15 is 0 Å². The van der Waals surface area contributed by atoms with E-state index in [0.717, 1.165) is 11.1 Å². The van der Waals surface area contributed by atoms with Gasteiger partial charge in [-0.2, -0.15) is 0 Å². The van der Waals surface area contributed by atoms with Crippen molar-refractivity contribution in [2.45, 2.75) is 38.8 Å². The number of cyclic esters (lactones) is 2. The van der Waals surface area contributed by atoms with Crippen LogP contribution < -0.4 is 10.1 Å². The Morgan fingerprint density at radius 1 is 1.16 bits per heavy atom. The fraction of sp³-hybridized carbons (Fsp3) is 0.261. The lowest BCUT2D eigenvalue weighted by molar-refractivity contribution is -0.135. The van der Waals surface area contributed by atoms with E-state index in [4.69, 9.17) is 9.15 Å². The Kier molecular flexibility index (Phi) is 5.97. The maximum atomic E-state index is 14.5. The molecule has 1 atom stereocenters. The molecule has 1 N–H and O–H groups in total. The molecule has 0 aliphatic carbocycles. The monoisotopic (exact) mass is 424 g/mol. The van der Waals surface area contributed by atoms with Gasteiger partial charge < -0.3 is 19.2 Å². The highest BCUT2D eigenvalue weighted by Gasteiger charge is 2.31. The highest BCUT2D eigenvalue weighted by molar-refractivity contribution is 5.95. The average molecular weight is 424 g/mol. The van der Waals surface area contributed by atoms with Crippen LogP contribution in [0.2, 0.25) is 0 Å². The Morgan fingerprint density at radius 3 is 2.68 bits per heavy atom. The van der Waals surface area contributed by atoms with E-state index in [0.29, 0.717) is 36.6 Å². The molecule has 1 aromatic heterocycles. The first-order valence-corrected chi connectivity index (χ1v) is 9.95. The van der Waals surface area contributed by atoms with Crippen LogP contribution in [-0.2, 0) is 22.6 Å². The molecule has 1 fully saturated rings. The van der Waals surface area contributed by atoms with Gasteiger partial charge in [0.2, 0.25) is 5.89 Å². The molecule has 0 bridgehead atoms. The van der Waals surface area contributed by atoms with Gasteiger partial charge in [-0.1, -0.05) is 24.3 Å². The Hall–Kier alpha value is -3.68. The zero-order valence-corrected chi connectivity index (χ0v) is 16.9. The number of aryl methyl sites for hydroxylation is 2. The molecular formula is C23H21FN2O5. The van der Waals surface area contributed by atoms with Crippen molar-refractivity contribution in [3.05, 3.63) is 71.4 Å². The second-order valence-electron chi connectivity index (χ2n) is 7.24. The predicted octanol–water partition coefficient (Wildman–Crippen LogP) is 4.33. The van der Waals surface area contributed by atoms with Gasteiger partial charge in [0, 0.05) is 5.56 Å². The van der Waals surface area contributed by atoms with Crippen LogP contribution in [-0.4, -0.2) is 23.1 Å². The first-order chi connectivity index (χ1) is 15.0. The molecule has 0 spiro atoms. The van der Waals surface area contributed by atoms with Gasteiger partial charge in [-0.25, -0.2) is 19.0 Å². The van der Waals surface area contributed by atoms with Crippen molar-refractivity contribution in [1.82, 2.24) is 10.3 Å². The van der Waals surface area contributed by atoms with Crippen molar-refractivity contribution in [2.24, 2.45) is 0 Å². The number of aromatic nitrogens is 1. The van der Waals surface area contributed by atoms with E-state index in [1.807, 2.05) is 30.3 Å². The van der Waals surface area contributed by atoms with Gasteiger partial charge >= 0.3 is 12.1 Å². The van der Waals surface area contributed by atoms with E-state index in [9.17, 15) is 14.0 Å². The van der Waals surface area contributed by atoms with Crippen molar-refractivity contribution in [3.63, 3.8) is 0 Å². The summed E-state index contributed by atoms with van der Waals surface area (Å²) in [4.78, 5) is 26.9. The summed E-state index contributed by atoms with van der Waals surface area (Å²) in [6, 6.07) is 13.6. The number of halogens is 1. The molecule has 1 aliphatic rings. The topological polar surface area (TPSA) is 90.7 Å². The number of nitrogens with one attached hydrogen (secondary N) is 1. The minimum atomic E-state index is -0.721. The number of carbonyl (C=O) groups excluding carboxylic acids is 2. The molecule has 1 amide bonds. The fourth-order valence-corrected chi connectivity index (χ4v) is 3.32. The summed E-state index contributed by atoms with van der Waals surface area (Å²) in [5, 5.41) is 2.44. The number of hydrogen-bond donors (Lipinski definition) is 1. The van der Waals surface area contributed by atoms with E-state index in [-0.39, 0.29) is 12.4 Å². The summed E-state index contributed by atoms with van der Waals surface area (Å²) < 4.78 is 30.2. The summed E-state index contributed by atoms with van der Waals surface area (Å²) in [6.07, 6.45) is 0.861. The molecule has 2 aromatic carbocycles. The van der Waals surface area contributed by atoms with Crippen LogP contribution in [0.3, 0.4) is 0 Å². The summed E-state index contributed by atoms with van der Waals surface area (Å²) in [5.41, 5.74) is 2.23. The van der Waals surface area contributed by atoms with Gasteiger partial charge in [0.05, 0.1) is 0 Å². The summed E-state index contributed by atoms with van der Waals surface area (Å²) in [6.45, 7) is 1.88. The Morgan fingerprint density at radius 2 is 1.97 bits per heavy atom. The number of rotatable bonds is 8.